The Hall–Kier alpha value is 0.300. The minimum Gasteiger partial charge on any atom is -0.353 e. The van der Waals surface area contributed by atoms with Crippen LogP contribution in [0, 0.1) is 0 Å². The average Bonchev–Trinajstić information content (AvgIpc) is 2.55. The number of carbonyl (C=O) groups is 1. The maximum absolute atomic E-state index is 11.6. The van der Waals surface area contributed by atoms with Crippen LogP contribution in [0.15, 0.2) is 0 Å². The Kier molecular flexibility index (Phi) is 5.17. The van der Waals surface area contributed by atoms with E-state index in [0.29, 0.717) is 6.04 Å². The molecule has 76 valence electrons. The molecule has 0 aromatic rings. The lowest BCUT2D eigenvalue weighted by atomic mass is 10.2. The van der Waals surface area contributed by atoms with Crippen LogP contribution < -0.4 is 5.32 Å². The van der Waals surface area contributed by atoms with Crippen molar-refractivity contribution >= 4 is 33.6 Å². The third kappa shape index (κ3) is 3.90. The van der Waals surface area contributed by atoms with E-state index in [4.69, 9.17) is 0 Å². The Morgan fingerprint density at radius 3 is 3.08 bits per heavy atom. The fourth-order valence-corrected chi connectivity index (χ4v) is 3.21. The zero-order valence-electron chi connectivity index (χ0n) is 7.88. The van der Waals surface area contributed by atoms with Crippen LogP contribution in [0.25, 0.3) is 0 Å². The number of thioether (sulfide) groups is 1. The molecule has 1 amide bonds. The van der Waals surface area contributed by atoms with Gasteiger partial charge in [-0.3, -0.25) is 4.79 Å². The molecule has 1 saturated heterocycles. The Labute approximate surface area is 92.4 Å². The van der Waals surface area contributed by atoms with Crippen molar-refractivity contribution in [1.29, 1.82) is 0 Å². The third-order valence-electron chi connectivity index (χ3n) is 2.15. The summed E-state index contributed by atoms with van der Waals surface area (Å²) < 4.78 is 0. The van der Waals surface area contributed by atoms with E-state index in [1.807, 2.05) is 0 Å². The Morgan fingerprint density at radius 1 is 1.77 bits per heavy atom. The minimum atomic E-state index is 0.220. The molecule has 1 heterocycles. The number of hydrogen-bond donors (Lipinski definition) is 1. The molecule has 1 fully saturated rings. The first-order chi connectivity index (χ1) is 6.24. The van der Waals surface area contributed by atoms with Gasteiger partial charge in [-0.05, 0) is 31.9 Å². The molecule has 0 saturated carbocycles. The number of hydrogen-bond acceptors (Lipinski definition) is 2. The van der Waals surface area contributed by atoms with Gasteiger partial charge in [0, 0.05) is 11.4 Å². The van der Waals surface area contributed by atoms with E-state index in [2.05, 4.69) is 28.2 Å². The maximum Gasteiger partial charge on any atom is 0.233 e. The highest BCUT2D eigenvalue weighted by Gasteiger charge is 2.23. The van der Waals surface area contributed by atoms with Crippen LogP contribution >= 0.6 is 27.7 Å². The smallest absolute Gasteiger partial charge is 0.233 e. The van der Waals surface area contributed by atoms with Gasteiger partial charge < -0.3 is 5.32 Å². The summed E-state index contributed by atoms with van der Waals surface area (Å²) >= 11 is 5.15. The molecule has 0 radical (unpaired) electrons. The summed E-state index contributed by atoms with van der Waals surface area (Å²) in [4.78, 5) is 11.6. The Morgan fingerprint density at radius 2 is 2.54 bits per heavy atom. The molecule has 2 atom stereocenters. The second kappa shape index (κ2) is 5.91. The fraction of sp³-hybridized carbons (Fsp3) is 0.889. The summed E-state index contributed by atoms with van der Waals surface area (Å²) in [5.41, 5.74) is 0. The summed E-state index contributed by atoms with van der Waals surface area (Å²) in [7, 11) is 0. The van der Waals surface area contributed by atoms with E-state index in [1.54, 1.807) is 11.8 Å². The van der Waals surface area contributed by atoms with Crippen molar-refractivity contribution in [3.63, 3.8) is 0 Å². The first kappa shape index (κ1) is 11.4. The number of carbonyl (C=O) groups excluding carboxylic acids is 1. The maximum atomic E-state index is 11.6. The molecule has 0 bridgehead atoms. The van der Waals surface area contributed by atoms with Gasteiger partial charge in [0.2, 0.25) is 5.91 Å². The van der Waals surface area contributed by atoms with E-state index in [-0.39, 0.29) is 11.2 Å². The van der Waals surface area contributed by atoms with Gasteiger partial charge >= 0.3 is 0 Å². The van der Waals surface area contributed by atoms with Gasteiger partial charge in [-0.25, -0.2) is 0 Å². The molecule has 2 nitrogen and oxygen atoms in total. The Bertz CT molecular complexity index is 171. The average molecular weight is 266 g/mol. The minimum absolute atomic E-state index is 0.220. The number of alkyl halides is 1. The van der Waals surface area contributed by atoms with Gasteiger partial charge in [-0.1, -0.05) is 15.9 Å². The molecule has 1 aliphatic heterocycles. The normalized spacial score (nSPS) is 24.3. The van der Waals surface area contributed by atoms with Crippen LogP contribution in [-0.4, -0.2) is 28.3 Å². The third-order valence-corrected chi connectivity index (χ3v) is 3.99. The van der Waals surface area contributed by atoms with Gasteiger partial charge in [0.15, 0.2) is 0 Å². The molecule has 0 aromatic heterocycles. The number of amides is 1. The monoisotopic (exact) mass is 265 g/mol. The summed E-state index contributed by atoms with van der Waals surface area (Å²) in [5.74, 6) is 1.38. The van der Waals surface area contributed by atoms with Crippen molar-refractivity contribution in [2.24, 2.45) is 0 Å². The van der Waals surface area contributed by atoms with Crippen LogP contribution in [0.4, 0.5) is 0 Å². The molecule has 2 unspecified atom stereocenters. The summed E-state index contributed by atoms with van der Waals surface area (Å²) in [6, 6.07) is 0.299. The van der Waals surface area contributed by atoms with E-state index < -0.39 is 0 Å². The van der Waals surface area contributed by atoms with E-state index in [0.717, 1.165) is 23.9 Å². The second-order valence-electron chi connectivity index (χ2n) is 3.39. The van der Waals surface area contributed by atoms with Gasteiger partial charge in [-0.2, -0.15) is 0 Å². The van der Waals surface area contributed by atoms with Crippen LogP contribution in [0.1, 0.15) is 26.2 Å². The molecule has 0 aromatic carbocycles. The van der Waals surface area contributed by atoms with Crippen LogP contribution in [0.3, 0.4) is 0 Å². The molecule has 1 N–H and O–H groups in total. The van der Waals surface area contributed by atoms with Crippen molar-refractivity contribution in [3.8, 4) is 0 Å². The highest BCUT2D eigenvalue weighted by Crippen LogP contribution is 2.26. The quantitative estimate of drug-likeness (QED) is 0.790. The van der Waals surface area contributed by atoms with Gasteiger partial charge in [-0.15, -0.1) is 11.8 Å². The first-order valence-electron chi connectivity index (χ1n) is 4.72. The van der Waals surface area contributed by atoms with Gasteiger partial charge in [0.05, 0.1) is 5.25 Å². The van der Waals surface area contributed by atoms with E-state index >= 15 is 0 Å². The van der Waals surface area contributed by atoms with Crippen LogP contribution in [0.5, 0.6) is 0 Å². The number of halogens is 1. The van der Waals surface area contributed by atoms with Crippen molar-refractivity contribution in [2.45, 2.75) is 37.5 Å². The lowest BCUT2D eigenvalue weighted by Crippen LogP contribution is -2.38. The predicted octanol–water partition coefficient (Wildman–Crippen LogP) is 2.17. The summed E-state index contributed by atoms with van der Waals surface area (Å²) in [6.45, 7) is 2.05. The zero-order valence-corrected chi connectivity index (χ0v) is 10.3. The molecule has 1 aliphatic rings. The first-order valence-corrected chi connectivity index (χ1v) is 6.89. The largest absolute Gasteiger partial charge is 0.353 e. The molecule has 13 heavy (non-hydrogen) atoms. The lowest BCUT2D eigenvalue weighted by Gasteiger charge is -2.15. The summed E-state index contributed by atoms with van der Waals surface area (Å²) in [5, 5.41) is 4.20. The van der Waals surface area contributed by atoms with Crippen molar-refractivity contribution in [3.05, 3.63) is 0 Å². The standard InChI is InChI=1S/C9H16BrNOS/c1-7(4-5-10)11-9(12)8-3-2-6-13-8/h7-8H,2-6H2,1H3,(H,11,12). The van der Waals surface area contributed by atoms with Crippen molar-refractivity contribution in [2.75, 3.05) is 11.1 Å². The molecule has 0 spiro atoms. The number of nitrogens with one attached hydrogen (secondary N) is 1. The highest BCUT2D eigenvalue weighted by atomic mass is 79.9. The Balaban J connectivity index is 2.23. The summed E-state index contributed by atoms with van der Waals surface area (Å²) in [6.07, 6.45) is 3.25. The zero-order chi connectivity index (χ0) is 9.68. The lowest BCUT2D eigenvalue weighted by molar-refractivity contribution is -0.121. The van der Waals surface area contributed by atoms with Crippen molar-refractivity contribution in [1.82, 2.24) is 5.32 Å². The van der Waals surface area contributed by atoms with Crippen LogP contribution in [-0.2, 0) is 4.79 Å². The molecule has 4 heteroatoms. The molecular formula is C9H16BrNOS. The van der Waals surface area contributed by atoms with Gasteiger partial charge in [0.25, 0.3) is 0 Å². The molecule has 0 aliphatic carbocycles. The predicted molar refractivity (Wildman–Crippen MR) is 61.5 cm³/mol. The molecule has 1 rings (SSSR count). The van der Waals surface area contributed by atoms with E-state index in [1.165, 1.54) is 6.42 Å². The molecular weight excluding hydrogens is 250 g/mol. The van der Waals surface area contributed by atoms with Gasteiger partial charge in [0.1, 0.15) is 0 Å². The number of rotatable bonds is 4. The van der Waals surface area contributed by atoms with Crippen molar-refractivity contribution < 1.29 is 4.79 Å². The van der Waals surface area contributed by atoms with E-state index in [9.17, 15) is 4.79 Å². The fourth-order valence-electron chi connectivity index (χ4n) is 1.36. The highest BCUT2D eigenvalue weighted by molar-refractivity contribution is 9.09. The second-order valence-corrected chi connectivity index (χ2v) is 5.49. The topological polar surface area (TPSA) is 29.1 Å². The SMILES string of the molecule is CC(CCBr)NC(=O)C1CCCS1. The van der Waals surface area contributed by atoms with Crippen LogP contribution in [0.2, 0.25) is 0 Å².